The van der Waals surface area contributed by atoms with E-state index in [2.05, 4.69) is 9.97 Å². The Balaban J connectivity index is 2.32. The second kappa shape index (κ2) is 5.22. The topological polar surface area (TPSA) is 46.0 Å². The van der Waals surface area contributed by atoms with Crippen molar-refractivity contribution in [2.45, 2.75) is 20.5 Å². The Labute approximate surface area is 122 Å². The van der Waals surface area contributed by atoms with Crippen molar-refractivity contribution in [1.29, 1.82) is 0 Å². The van der Waals surface area contributed by atoms with Crippen LogP contribution in [0.5, 0.6) is 0 Å². The summed E-state index contributed by atoms with van der Waals surface area (Å²) in [7, 11) is 0. The summed E-state index contributed by atoms with van der Waals surface area (Å²) < 4.78 is 13.9. The van der Waals surface area contributed by atoms with Crippen LogP contribution in [0.15, 0.2) is 36.5 Å². The van der Waals surface area contributed by atoms with Gasteiger partial charge in [0.1, 0.15) is 5.69 Å². The highest BCUT2D eigenvalue weighted by molar-refractivity contribution is 5.88. The zero-order chi connectivity index (χ0) is 15.0. The average molecular weight is 282 g/mol. The van der Waals surface area contributed by atoms with Crippen LogP contribution < -0.4 is 0 Å². The van der Waals surface area contributed by atoms with Crippen LogP contribution in [0.2, 0.25) is 0 Å². The molecule has 0 aliphatic carbocycles. The number of fused-ring (bicyclic) bond motifs is 1. The zero-order valence-electron chi connectivity index (χ0n) is 11.9. The first-order valence-electron chi connectivity index (χ1n) is 6.73. The van der Waals surface area contributed by atoms with Gasteiger partial charge in [-0.3, -0.25) is 4.98 Å². The monoisotopic (exact) mass is 282 g/mol. The summed E-state index contributed by atoms with van der Waals surface area (Å²) in [5, 5.41) is 10.4. The van der Waals surface area contributed by atoms with Gasteiger partial charge >= 0.3 is 0 Å². The van der Waals surface area contributed by atoms with E-state index in [1.54, 1.807) is 12.3 Å². The first kappa shape index (κ1) is 13.6. The lowest BCUT2D eigenvalue weighted by atomic mass is 10.0. The van der Waals surface area contributed by atoms with E-state index in [1.165, 1.54) is 6.07 Å². The molecule has 0 atom stereocenters. The van der Waals surface area contributed by atoms with Gasteiger partial charge in [-0.15, -0.1) is 0 Å². The Morgan fingerprint density at radius 2 is 2.00 bits per heavy atom. The summed E-state index contributed by atoms with van der Waals surface area (Å²) in [4.78, 5) is 8.64. The minimum Gasteiger partial charge on any atom is -0.392 e. The molecule has 3 rings (SSSR count). The number of nitrogens with zero attached hydrogens (tertiary/aromatic N) is 2. The van der Waals surface area contributed by atoms with Gasteiger partial charge in [0.2, 0.25) is 0 Å². The maximum Gasteiger partial charge on any atom is 0.151 e. The lowest BCUT2D eigenvalue weighted by Crippen LogP contribution is -1.97. The van der Waals surface area contributed by atoms with Crippen molar-refractivity contribution in [1.82, 2.24) is 9.97 Å². The molecule has 4 heteroatoms. The molecule has 2 heterocycles. The summed E-state index contributed by atoms with van der Waals surface area (Å²) in [5.74, 6) is -0.389. The molecule has 0 saturated heterocycles. The normalized spacial score (nSPS) is 11.0. The predicted molar refractivity (Wildman–Crippen MR) is 80.3 cm³/mol. The second-order valence-electron chi connectivity index (χ2n) is 5.06. The van der Waals surface area contributed by atoms with Crippen molar-refractivity contribution in [3.8, 4) is 11.4 Å². The predicted octanol–water partition coefficient (Wildman–Crippen LogP) is 3.55. The molecule has 1 N–H and O–H groups in total. The van der Waals surface area contributed by atoms with Gasteiger partial charge in [-0.05, 0) is 48.7 Å². The summed E-state index contributed by atoms with van der Waals surface area (Å²) in [6, 6.07) is 8.61. The van der Waals surface area contributed by atoms with E-state index in [1.807, 2.05) is 32.0 Å². The van der Waals surface area contributed by atoms with Crippen LogP contribution in [-0.4, -0.2) is 15.1 Å². The van der Waals surface area contributed by atoms with E-state index in [0.717, 1.165) is 27.6 Å². The highest BCUT2D eigenvalue weighted by atomic mass is 19.1. The largest absolute Gasteiger partial charge is 0.392 e. The van der Waals surface area contributed by atoms with Gasteiger partial charge in [-0.1, -0.05) is 12.1 Å². The van der Waals surface area contributed by atoms with Gasteiger partial charge in [0.15, 0.2) is 5.82 Å². The molecule has 1 aromatic carbocycles. The van der Waals surface area contributed by atoms with Crippen LogP contribution in [0.25, 0.3) is 22.3 Å². The Morgan fingerprint density at radius 1 is 1.19 bits per heavy atom. The van der Waals surface area contributed by atoms with Gasteiger partial charge < -0.3 is 5.11 Å². The fraction of sp³-hybridized carbons (Fsp3) is 0.176. The van der Waals surface area contributed by atoms with E-state index >= 15 is 0 Å². The molecule has 0 spiro atoms. The summed E-state index contributed by atoms with van der Waals surface area (Å²) in [6.45, 7) is 3.84. The van der Waals surface area contributed by atoms with E-state index in [0.29, 0.717) is 5.69 Å². The third-order valence-corrected chi connectivity index (χ3v) is 3.72. The molecule has 0 aliphatic heterocycles. The minimum absolute atomic E-state index is 0.0370. The van der Waals surface area contributed by atoms with E-state index < -0.39 is 0 Å². The molecule has 106 valence electrons. The molecule has 3 aromatic rings. The molecular formula is C17H15FN2O. The van der Waals surface area contributed by atoms with Crippen LogP contribution in [-0.2, 0) is 6.61 Å². The highest BCUT2D eigenvalue weighted by Crippen LogP contribution is 2.28. The number of aliphatic hydroxyl groups is 1. The molecule has 0 saturated carbocycles. The molecule has 0 amide bonds. The number of aryl methyl sites for hydroxylation is 2. The first-order valence-corrected chi connectivity index (χ1v) is 6.73. The minimum atomic E-state index is -0.389. The SMILES string of the molecule is Cc1cc(-c2ncccc2F)nc2c(C)c(CO)ccc12. The van der Waals surface area contributed by atoms with Crippen LogP contribution in [0.1, 0.15) is 16.7 Å². The van der Waals surface area contributed by atoms with Gasteiger partial charge in [0.05, 0.1) is 17.8 Å². The van der Waals surface area contributed by atoms with Gasteiger partial charge in [0, 0.05) is 11.6 Å². The second-order valence-corrected chi connectivity index (χ2v) is 5.06. The Kier molecular flexibility index (Phi) is 3.39. The van der Waals surface area contributed by atoms with Crippen molar-refractivity contribution < 1.29 is 9.50 Å². The van der Waals surface area contributed by atoms with Gasteiger partial charge in [-0.25, -0.2) is 9.37 Å². The highest BCUT2D eigenvalue weighted by Gasteiger charge is 2.12. The third-order valence-electron chi connectivity index (χ3n) is 3.72. The summed E-state index contributed by atoms with van der Waals surface area (Å²) in [5.41, 5.74) is 4.28. The summed E-state index contributed by atoms with van der Waals surface area (Å²) >= 11 is 0. The average Bonchev–Trinajstić information content (AvgIpc) is 2.48. The molecule has 0 aliphatic rings. The smallest absolute Gasteiger partial charge is 0.151 e. The summed E-state index contributed by atoms with van der Waals surface area (Å²) in [6.07, 6.45) is 1.55. The molecule has 0 unspecified atom stereocenters. The Morgan fingerprint density at radius 3 is 2.71 bits per heavy atom. The lowest BCUT2D eigenvalue weighted by molar-refractivity contribution is 0.281. The van der Waals surface area contributed by atoms with Crippen LogP contribution >= 0.6 is 0 Å². The number of hydrogen-bond acceptors (Lipinski definition) is 3. The molecule has 0 radical (unpaired) electrons. The number of benzene rings is 1. The number of hydrogen-bond donors (Lipinski definition) is 1. The fourth-order valence-corrected chi connectivity index (χ4v) is 2.51. The molecule has 3 nitrogen and oxygen atoms in total. The van der Waals surface area contributed by atoms with Gasteiger partial charge in [-0.2, -0.15) is 0 Å². The number of pyridine rings is 2. The fourth-order valence-electron chi connectivity index (χ4n) is 2.51. The molecule has 0 fully saturated rings. The molecule has 21 heavy (non-hydrogen) atoms. The third kappa shape index (κ3) is 2.28. The van der Waals surface area contributed by atoms with Crippen LogP contribution in [0.4, 0.5) is 4.39 Å². The standard InChI is InChI=1S/C17H15FN2O/c1-10-8-15(17-14(18)4-3-7-19-17)20-16-11(2)12(9-21)5-6-13(10)16/h3-8,21H,9H2,1-2H3. The maximum absolute atomic E-state index is 13.9. The van der Waals surface area contributed by atoms with Crippen molar-refractivity contribution in [3.63, 3.8) is 0 Å². The lowest BCUT2D eigenvalue weighted by Gasteiger charge is -2.11. The van der Waals surface area contributed by atoms with Crippen molar-refractivity contribution >= 4 is 10.9 Å². The number of aromatic nitrogens is 2. The molecule has 2 aromatic heterocycles. The number of halogens is 1. The van der Waals surface area contributed by atoms with Crippen molar-refractivity contribution in [2.75, 3.05) is 0 Å². The van der Waals surface area contributed by atoms with E-state index in [4.69, 9.17) is 0 Å². The van der Waals surface area contributed by atoms with E-state index in [-0.39, 0.29) is 18.1 Å². The maximum atomic E-state index is 13.9. The van der Waals surface area contributed by atoms with Crippen LogP contribution in [0, 0.1) is 19.7 Å². The Hall–Kier alpha value is -2.33. The molecular weight excluding hydrogens is 267 g/mol. The first-order chi connectivity index (χ1) is 10.1. The van der Waals surface area contributed by atoms with Crippen molar-refractivity contribution in [3.05, 3.63) is 59.0 Å². The van der Waals surface area contributed by atoms with E-state index in [9.17, 15) is 9.50 Å². The molecule has 0 bridgehead atoms. The zero-order valence-corrected chi connectivity index (χ0v) is 11.9. The number of rotatable bonds is 2. The van der Waals surface area contributed by atoms with Crippen LogP contribution in [0.3, 0.4) is 0 Å². The van der Waals surface area contributed by atoms with Crippen molar-refractivity contribution in [2.24, 2.45) is 0 Å². The Bertz CT molecular complexity index is 830. The number of aliphatic hydroxyl groups excluding tert-OH is 1. The quantitative estimate of drug-likeness (QED) is 0.782. The van der Waals surface area contributed by atoms with Gasteiger partial charge in [0.25, 0.3) is 0 Å².